The normalized spacial score (nSPS) is 12.5. The Balaban J connectivity index is 4.20. The number of aliphatic imine (C=N–C) groups is 1. The molecule has 0 N–H and O–H groups in total. The second-order valence-electron chi connectivity index (χ2n) is 2.15. The molecule has 0 heterocycles. The lowest BCUT2D eigenvalue weighted by atomic mass is 10.3. The third-order valence-electron chi connectivity index (χ3n) is 1.10. The molecule has 0 saturated carbocycles. The lowest BCUT2D eigenvalue weighted by Gasteiger charge is -2.01. The minimum atomic E-state index is 1.08. The third-order valence-corrected chi connectivity index (χ3v) is 2.18. The minimum Gasteiger partial charge on any atom is -0.296 e. The van der Waals surface area contributed by atoms with Crippen LogP contribution >= 0.6 is 11.8 Å². The van der Waals surface area contributed by atoms with Crippen molar-refractivity contribution < 1.29 is 0 Å². The number of hydrogen-bond donors (Lipinski definition) is 0. The highest BCUT2D eigenvalue weighted by molar-refractivity contribution is 8.03. The van der Waals surface area contributed by atoms with Gasteiger partial charge in [0.1, 0.15) is 0 Å². The van der Waals surface area contributed by atoms with E-state index >= 15 is 0 Å². The predicted octanol–water partition coefficient (Wildman–Crippen LogP) is 2.90. The van der Waals surface area contributed by atoms with Crippen LogP contribution < -0.4 is 0 Å². The fourth-order valence-electron chi connectivity index (χ4n) is 0.611. The summed E-state index contributed by atoms with van der Waals surface area (Å²) in [6.07, 6.45) is 3.79. The van der Waals surface area contributed by atoms with Gasteiger partial charge in [0, 0.05) is 18.2 Å². The summed E-state index contributed by atoms with van der Waals surface area (Å²) in [5.41, 5.74) is 1.11. The highest BCUT2D eigenvalue weighted by atomic mass is 32.2. The Bertz CT molecular complexity index is 180. The maximum absolute atomic E-state index is 3.88. The van der Waals surface area contributed by atoms with E-state index in [1.54, 1.807) is 25.0 Å². The van der Waals surface area contributed by atoms with Gasteiger partial charge in [0.2, 0.25) is 0 Å². The van der Waals surface area contributed by atoms with Crippen molar-refractivity contribution in [3.8, 4) is 0 Å². The molecule has 0 aliphatic carbocycles. The minimum absolute atomic E-state index is 1.08. The lowest BCUT2D eigenvalue weighted by molar-refractivity contribution is 1.46. The highest BCUT2D eigenvalue weighted by Gasteiger charge is 1.94. The average molecular weight is 169 g/mol. The molecule has 0 aromatic heterocycles. The van der Waals surface area contributed by atoms with Gasteiger partial charge in [0.05, 0.1) is 0 Å². The summed E-state index contributed by atoms with van der Waals surface area (Å²) in [5, 5.41) is 0. The largest absolute Gasteiger partial charge is 0.296 e. The van der Waals surface area contributed by atoms with Crippen LogP contribution in [0, 0.1) is 0 Å². The van der Waals surface area contributed by atoms with Crippen LogP contribution in [0.15, 0.2) is 28.1 Å². The van der Waals surface area contributed by atoms with Crippen LogP contribution in [0.3, 0.4) is 0 Å². The number of rotatable bonds is 4. The van der Waals surface area contributed by atoms with Crippen molar-refractivity contribution in [2.24, 2.45) is 4.99 Å². The van der Waals surface area contributed by atoms with Crippen molar-refractivity contribution in [1.29, 1.82) is 0 Å². The van der Waals surface area contributed by atoms with Crippen LogP contribution in [0.2, 0.25) is 0 Å². The Morgan fingerprint density at radius 3 is 2.64 bits per heavy atom. The quantitative estimate of drug-likeness (QED) is 0.465. The van der Waals surface area contributed by atoms with Crippen molar-refractivity contribution in [3.63, 3.8) is 0 Å². The summed E-state index contributed by atoms with van der Waals surface area (Å²) in [5.74, 6) is 1.08. The monoisotopic (exact) mass is 169 g/mol. The first kappa shape index (κ1) is 10.5. The van der Waals surface area contributed by atoms with E-state index in [-0.39, 0.29) is 0 Å². The maximum Gasteiger partial charge on any atom is 0.0277 e. The first-order valence-electron chi connectivity index (χ1n) is 3.63. The number of nitrogens with zero attached hydrogens (tertiary/aromatic N) is 1. The van der Waals surface area contributed by atoms with Crippen LogP contribution in [-0.4, -0.2) is 19.0 Å². The summed E-state index contributed by atoms with van der Waals surface area (Å²) >= 11 is 1.79. The summed E-state index contributed by atoms with van der Waals surface area (Å²) in [6.45, 7) is 8.02. The van der Waals surface area contributed by atoms with Crippen molar-refractivity contribution >= 4 is 18.0 Å². The Morgan fingerprint density at radius 2 is 2.27 bits per heavy atom. The molecule has 11 heavy (non-hydrogen) atoms. The molecule has 0 bridgehead atoms. The van der Waals surface area contributed by atoms with Crippen LogP contribution in [0.1, 0.15) is 13.8 Å². The Hall–Kier alpha value is -0.500. The molecular formula is C9H15NS. The fraction of sp³-hybridized carbons (Fsp3) is 0.444. The van der Waals surface area contributed by atoms with Gasteiger partial charge >= 0.3 is 0 Å². The molecule has 0 unspecified atom stereocenters. The van der Waals surface area contributed by atoms with Crippen LogP contribution in [-0.2, 0) is 0 Å². The number of hydrogen-bond acceptors (Lipinski definition) is 2. The smallest absolute Gasteiger partial charge is 0.0277 e. The van der Waals surface area contributed by atoms with E-state index in [4.69, 9.17) is 0 Å². The van der Waals surface area contributed by atoms with Gasteiger partial charge in [-0.15, -0.1) is 11.8 Å². The average Bonchev–Trinajstić information content (AvgIpc) is 1.97. The molecule has 62 valence electrons. The van der Waals surface area contributed by atoms with Gasteiger partial charge in [-0.1, -0.05) is 13.5 Å². The van der Waals surface area contributed by atoms with Gasteiger partial charge in [0.25, 0.3) is 0 Å². The second kappa shape index (κ2) is 6.23. The zero-order valence-electron chi connectivity index (χ0n) is 7.42. The van der Waals surface area contributed by atoms with Gasteiger partial charge in [-0.2, -0.15) is 0 Å². The van der Waals surface area contributed by atoms with E-state index in [2.05, 4.69) is 18.5 Å². The molecule has 0 aliphatic heterocycles. The molecule has 0 amide bonds. The summed E-state index contributed by atoms with van der Waals surface area (Å²) in [4.78, 5) is 5.10. The number of thioether (sulfide) groups is 1. The van der Waals surface area contributed by atoms with Gasteiger partial charge in [-0.25, -0.2) is 0 Å². The van der Waals surface area contributed by atoms with Gasteiger partial charge in [-0.3, -0.25) is 4.99 Å². The highest BCUT2D eigenvalue weighted by Crippen LogP contribution is 2.21. The molecule has 0 rings (SSSR count). The fourth-order valence-corrected chi connectivity index (χ4v) is 1.33. The van der Waals surface area contributed by atoms with E-state index in [0.717, 1.165) is 11.3 Å². The maximum atomic E-state index is 3.88. The van der Waals surface area contributed by atoms with Crippen molar-refractivity contribution in [3.05, 3.63) is 23.1 Å². The Labute approximate surface area is 73.3 Å². The Kier molecular flexibility index (Phi) is 5.94. The molecule has 0 saturated heterocycles. The third kappa shape index (κ3) is 4.85. The molecule has 0 aromatic carbocycles. The SMILES string of the molecule is C=C(C)/C(=C\C=NC)SCC. The van der Waals surface area contributed by atoms with Gasteiger partial charge in [-0.05, 0) is 24.3 Å². The van der Waals surface area contributed by atoms with Crippen LogP contribution in [0.25, 0.3) is 0 Å². The molecule has 0 fully saturated rings. The van der Waals surface area contributed by atoms with Gasteiger partial charge in [0.15, 0.2) is 0 Å². The molecule has 0 spiro atoms. The zero-order chi connectivity index (χ0) is 8.69. The lowest BCUT2D eigenvalue weighted by Crippen LogP contribution is -1.80. The molecule has 0 aromatic rings. The van der Waals surface area contributed by atoms with Crippen molar-refractivity contribution in [2.45, 2.75) is 13.8 Å². The van der Waals surface area contributed by atoms with E-state index < -0.39 is 0 Å². The van der Waals surface area contributed by atoms with Crippen LogP contribution in [0.5, 0.6) is 0 Å². The molecule has 0 aliphatic rings. The first-order valence-corrected chi connectivity index (χ1v) is 4.62. The van der Waals surface area contributed by atoms with Crippen LogP contribution in [0.4, 0.5) is 0 Å². The predicted molar refractivity (Wildman–Crippen MR) is 55.4 cm³/mol. The standard InChI is InChI=1S/C9H15NS/c1-5-11-9(8(2)3)6-7-10-4/h6-7H,2,5H2,1,3-4H3/b9-6+,10-7?. The van der Waals surface area contributed by atoms with E-state index in [9.17, 15) is 0 Å². The molecule has 1 nitrogen and oxygen atoms in total. The molecule has 2 heteroatoms. The topological polar surface area (TPSA) is 12.4 Å². The van der Waals surface area contributed by atoms with E-state index in [1.165, 1.54) is 4.91 Å². The Morgan fingerprint density at radius 1 is 1.64 bits per heavy atom. The summed E-state index contributed by atoms with van der Waals surface area (Å²) in [7, 11) is 1.77. The number of allylic oxidation sites excluding steroid dienone is 2. The molecular weight excluding hydrogens is 154 g/mol. The summed E-state index contributed by atoms with van der Waals surface area (Å²) < 4.78 is 0. The van der Waals surface area contributed by atoms with E-state index in [1.807, 2.05) is 13.0 Å². The molecule has 0 radical (unpaired) electrons. The second-order valence-corrected chi connectivity index (χ2v) is 3.46. The van der Waals surface area contributed by atoms with Crippen molar-refractivity contribution in [2.75, 3.05) is 12.8 Å². The first-order chi connectivity index (χ1) is 5.22. The zero-order valence-corrected chi connectivity index (χ0v) is 8.24. The summed E-state index contributed by atoms with van der Waals surface area (Å²) in [6, 6.07) is 0. The van der Waals surface area contributed by atoms with Gasteiger partial charge < -0.3 is 0 Å². The van der Waals surface area contributed by atoms with Crippen molar-refractivity contribution in [1.82, 2.24) is 0 Å². The van der Waals surface area contributed by atoms with E-state index in [0.29, 0.717) is 0 Å². The molecule has 0 atom stereocenters.